The van der Waals surface area contributed by atoms with Crippen molar-refractivity contribution in [1.29, 1.82) is 0 Å². The monoisotopic (exact) mass is 231 g/mol. The zero-order chi connectivity index (χ0) is 11.4. The van der Waals surface area contributed by atoms with E-state index in [0.717, 1.165) is 0 Å². The zero-order valence-corrected chi connectivity index (χ0v) is 8.92. The molecule has 0 bridgehead atoms. The Morgan fingerprint density at radius 3 is 2.87 bits per heavy atom. The van der Waals surface area contributed by atoms with Crippen LogP contribution in [-0.4, -0.2) is 13.1 Å². The highest BCUT2D eigenvalue weighted by Crippen LogP contribution is 2.21. The number of hydrogen-bond acceptors (Lipinski definition) is 3. The second kappa shape index (κ2) is 5.09. The normalized spacial score (nSPS) is 12.3. The largest absolute Gasteiger partial charge is 0.469 e. The molecule has 15 heavy (non-hydrogen) atoms. The van der Waals surface area contributed by atoms with Gasteiger partial charge >= 0.3 is 5.97 Å². The second-order valence-corrected chi connectivity index (χ2v) is 3.47. The van der Waals surface area contributed by atoms with Crippen molar-refractivity contribution >= 4 is 17.6 Å². The molecule has 1 rings (SSSR count). The SMILES string of the molecule is COC(=O)C[C@H](N)c1ccc(F)c(Cl)c1. The van der Waals surface area contributed by atoms with E-state index in [1.165, 1.54) is 25.3 Å². The Bertz CT molecular complexity index is 370. The van der Waals surface area contributed by atoms with Crippen LogP contribution in [0.3, 0.4) is 0 Å². The number of rotatable bonds is 3. The van der Waals surface area contributed by atoms with Gasteiger partial charge in [0.25, 0.3) is 0 Å². The highest BCUT2D eigenvalue weighted by Gasteiger charge is 2.13. The standard InChI is InChI=1S/C10H11ClFNO2/c1-15-10(14)5-9(13)6-2-3-8(12)7(11)4-6/h2-4,9H,5,13H2,1H3/t9-/m0/s1. The van der Waals surface area contributed by atoms with Gasteiger partial charge in [0.15, 0.2) is 0 Å². The van der Waals surface area contributed by atoms with Gasteiger partial charge in [-0.15, -0.1) is 0 Å². The molecular weight excluding hydrogens is 221 g/mol. The third kappa shape index (κ3) is 3.18. The third-order valence-corrected chi connectivity index (χ3v) is 2.28. The van der Waals surface area contributed by atoms with E-state index in [2.05, 4.69) is 4.74 Å². The molecule has 0 unspecified atom stereocenters. The van der Waals surface area contributed by atoms with Gasteiger partial charge in [-0.25, -0.2) is 4.39 Å². The molecular formula is C10H11ClFNO2. The summed E-state index contributed by atoms with van der Waals surface area (Å²) in [4.78, 5) is 10.9. The quantitative estimate of drug-likeness (QED) is 0.810. The Morgan fingerprint density at radius 2 is 2.33 bits per heavy atom. The van der Waals surface area contributed by atoms with Gasteiger partial charge in [0, 0.05) is 6.04 Å². The molecule has 0 aliphatic heterocycles. The van der Waals surface area contributed by atoms with Crippen LogP contribution in [0.5, 0.6) is 0 Å². The first-order chi connectivity index (χ1) is 7.04. The molecule has 0 spiro atoms. The minimum atomic E-state index is -0.532. The molecule has 2 N–H and O–H groups in total. The second-order valence-electron chi connectivity index (χ2n) is 3.06. The van der Waals surface area contributed by atoms with Crippen LogP contribution in [-0.2, 0) is 9.53 Å². The number of halogens is 2. The van der Waals surface area contributed by atoms with Gasteiger partial charge in [-0.2, -0.15) is 0 Å². The van der Waals surface area contributed by atoms with Crippen molar-refractivity contribution in [3.05, 3.63) is 34.6 Å². The summed E-state index contributed by atoms with van der Waals surface area (Å²) in [6.07, 6.45) is 0.0401. The van der Waals surface area contributed by atoms with Crippen LogP contribution < -0.4 is 5.73 Å². The number of nitrogens with two attached hydrogens (primary N) is 1. The lowest BCUT2D eigenvalue weighted by Crippen LogP contribution is -2.16. The molecule has 0 aliphatic rings. The van der Waals surface area contributed by atoms with E-state index in [1.54, 1.807) is 0 Å². The van der Waals surface area contributed by atoms with Crippen LogP contribution >= 0.6 is 11.6 Å². The van der Waals surface area contributed by atoms with E-state index in [0.29, 0.717) is 5.56 Å². The van der Waals surface area contributed by atoms with E-state index in [-0.39, 0.29) is 11.4 Å². The first-order valence-corrected chi connectivity index (χ1v) is 4.69. The Balaban J connectivity index is 2.78. The predicted molar refractivity (Wildman–Crippen MR) is 55.0 cm³/mol. The van der Waals surface area contributed by atoms with Gasteiger partial charge in [0.1, 0.15) is 5.82 Å². The lowest BCUT2D eigenvalue weighted by atomic mass is 10.1. The molecule has 0 saturated carbocycles. The molecule has 1 aromatic carbocycles. The van der Waals surface area contributed by atoms with Crippen LogP contribution in [0.2, 0.25) is 5.02 Å². The molecule has 0 radical (unpaired) electrons. The fraction of sp³-hybridized carbons (Fsp3) is 0.300. The van der Waals surface area contributed by atoms with Gasteiger partial charge in [0.2, 0.25) is 0 Å². The van der Waals surface area contributed by atoms with Crippen molar-refractivity contribution in [3.8, 4) is 0 Å². The van der Waals surface area contributed by atoms with Crippen LogP contribution in [0.1, 0.15) is 18.0 Å². The first kappa shape index (κ1) is 11.9. The molecule has 0 heterocycles. The number of benzene rings is 1. The van der Waals surface area contributed by atoms with Crippen molar-refractivity contribution in [2.75, 3.05) is 7.11 Å². The fourth-order valence-corrected chi connectivity index (χ4v) is 1.31. The molecule has 0 saturated heterocycles. The molecule has 0 aromatic heterocycles. The van der Waals surface area contributed by atoms with Gasteiger partial charge in [-0.3, -0.25) is 4.79 Å². The molecule has 5 heteroatoms. The number of carbonyl (C=O) groups is 1. The van der Waals surface area contributed by atoms with Crippen LogP contribution in [0.25, 0.3) is 0 Å². The van der Waals surface area contributed by atoms with Crippen LogP contribution in [0, 0.1) is 5.82 Å². The first-order valence-electron chi connectivity index (χ1n) is 4.32. The summed E-state index contributed by atoms with van der Waals surface area (Å²) < 4.78 is 17.3. The summed E-state index contributed by atoms with van der Waals surface area (Å²) in [7, 11) is 1.28. The molecule has 0 amide bonds. The van der Waals surface area contributed by atoms with Crippen molar-refractivity contribution in [2.45, 2.75) is 12.5 Å². The van der Waals surface area contributed by atoms with Gasteiger partial charge in [0.05, 0.1) is 18.6 Å². The van der Waals surface area contributed by atoms with Crippen molar-refractivity contribution in [3.63, 3.8) is 0 Å². The molecule has 0 aliphatic carbocycles. The number of ether oxygens (including phenoxy) is 1. The van der Waals surface area contributed by atoms with Crippen molar-refractivity contribution < 1.29 is 13.9 Å². The number of methoxy groups -OCH3 is 1. The van der Waals surface area contributed by atoms with Crippen molar-refractivity contribution in [1.82, 2.24) is 0 Å². The molecule has 1 atom stereocenters. The maximum atomic E-state index is 12.8. The maximum absolute atomic E-state index is 12.8. The number of hydrogen-bond donors (Lipinski definition) is 1. The van der Waals surface area contributed by atoms with Crippen LogP contribution in [0.15, 0.2) is 18.2 Å². The minimum Gasteiger partial charge on any atom is -0.469 e. The zero-order valence-electron chi connectivity index (χ0n) is 8.17. The van der Waals surface area contributed by atoms with Crippen LogP contribution in [0.4, 0.5) is 4.39 Å². The van der Waals surface area contributed by atoms with E-state index < -0.39 is 17.8 Å². The topological polar surface area (TPSA) is 52.3 Å². The minimum absolute atomic E-state index is 0.00665. The van der Waals surface area contributed by atoms with Crippen molar-refractivity contribution in [2.24, 2.45) is 5.73 Å². The summed E-state index contributed by atoms with van der Waals surface area (Å²) in [5, 5.41) is -0.00665. The van der Waals surface area contributed by atoms with E-state index in [4.69, 9.17) is 17.3 Å². The number of esters is 1. The molecule has 82 valence electrons. The van der Waals surface area contributed by atoms with Gasteiger partial charge in [-0.05, 0) is 17.7 Å². The fourth-order valence-electron chi connectivity index (χ4n) is 1.12. The Kier molecular flexibility index (Phi) is 4.05. The Hall–Kier alpha value is -1.13. The van der Waals surface area contributed by atoms with Gasteiger partial charge in [-0.1, -0.05) is 17.7 Å². The average molecular weight is 232 g/mol. The highest BCUT2D eigenvalue weighted by molar-refractivity contribution is 6.30. The average Bonchev–Trinajstić information content (AvgIpc) is 2.21. The molecule has 3 nitrogen and oxygen atoms in total. The van der Waals surface area contributed by atoms with Gasteiger partial charge < -0.3 is 10.5 Å². The Labute approximate surface area is 92.0 Å². The molecule has 0 fully saturated rings. The summed E-state index contributed by atoms with van der Waals surface area (Å²) in [6.45, 7) is 0. The molecule has 1 aromatic rings. The highest BCUT2D eigenvalue weighted by atomic mass is 35.5. The lowest BCUT2D eigenvalue weighted by molar-refractivity contribution is -0.141. The lowest BCUT2D eigenvalue weighted by Gasteiger charge is -2.10. The number of carbonyl (C=O) groups excluding carboxylic acids is 1. The smallest absolute Gasteiger partial charge is 0.307 e. The third-order valence-electron chi connectivity index (χ3n) is 1.99. The van der Waals surface area contributed by atoms with E-state index in [1.807, 2.05) is 0 Å². The van der Waals surface area contributed by atoms with E-state index >= 15 is 0 Å². The summed E-state index contributed by atoms with van der Waals surface area (Å²) in [6, 6.07) is 3.59. The maximum Gasteiger partial charge on any atom is 0.307 e. The predicted octanol–water partition coefficient (Wildman–Crippen LogP) is 2.04. The van der Waals surface area contributed by atoms with E-state index in [9.17, 15) is 9.18 Å². The summed E-state index contributed by atoms with van der Waals surface area (Å²) >= 11 is 5.58. The Morgan fingerprint density at radius 1 is 1.67 bits per heavy atom. The summed E-state index contributed by atoms with van der Waals surface area (Å²) in [5.74, 6) is -0.923. The summed E-state index contributed by atoms with van der Waals surface area (Å²) in [5.41, 5.74) is 6.31.